The highest BCUT2D eigenvalue weighted by molar-refractivity contribution is 6.33. The number of rotatable bonds is 4. The third-order valence-corrected chi connectivity index (χ3v) is 3.18. The van der Waals surface area contributed by atoms with E-state index < -0.39 is 0 Å². The molecular weight excluding hydrogens is 286 g/mol. The van der Waals surface area contributed by atoms with Gasteiger partial charge in [0.1, 0.15) is 0 Å². The number of aryl methyl sites for hydroxylation is 1. The summed E-state index contributed by atoms with van der Waals surface area (Å²) in [6.07, 6.45) is 0. The van der Waals surface area contributed by atoms with Gasteiger partial charge in [0, 0.05) is 5.69 Å². The minimum Gasteiger partial charge on any atom is -0.376 e. The number of benzene rings is 2. The van der Waals surface area contributed by atoms with E-state index in [1.54, 1.807) is 36.4 Å². The van der Waals surface area contributed by atoms with Crippen LogP contribution in [-0.2, 0) is 4.79 Å². The number of carbonyl (C=O) groups excluding carboxylic acids is 1. The van der Waals surface area contributed by atoms with Crippen LogP contribution in [0.5, 0.6) is 0 Å². The lowest BCUT2D eigenvalue weighted by Gasteiger charge is -2.09. The van der Waals surface area contributed by atoms with Crippen molar-refractivity contribution in [3.63, 3.8) is 0 Å². The molecule has 0 radical (unpaired) electrons. The van der Waals surface area contributed by atoms with E-state index in [-0.39, 0.29) is 12.5 Å². The second-order valence-electron chi connectivity index (χ2n) is 4.57. The van der Waals surface area contributed by atoms with Crippen LogP contribution >= 0.6 is 11.6 Å². The number of hydrogen-bond donors (Lipinski definition) is 2. The van der Waals surface area contributed by atoms with Crippen molar-refractivity contribution in [1.29, 1.82) is 5.26 Å². The van der Waals surface area contributed by atoms with Crippen LogP contribution < -0.4 is 10.6 Å². The maximum atomic E-state index is 11.9. The van der Waals surface area contributed by atoms with Crippen LogP contribution in [0.25, 0.3) is 0 Å². The van der Waals surface area contributed by atoms with Crippen LogP contribution in [0.4, 0.5) is 11.4 Å². The van der Waals surface area contributed by atoms with E-state index in [2.05, 4.69) is 10.6 Å². The Morgan fingerprint density at radius 1 is 1.24 bits per heavy atom. The minimum atomic E-state index is -0.190. The minimum absolute atomic E-state index is 0.121. The van der Waals surface area contributed by atoms with Crippen LogP contribution in [0.1, 0.15) is 11.1 Å². The number of halogens is 1. The first-order valence-electron chi connectivity index (χ1n) is 6.38. The summed E-state index contributed by atoms with van der Waals surface area (Å²) in [6, 6.07) is 14.4. The normalized spacial score (nSPS) is 9.76. The van der Waals surface area contributed by atoms with Gasteiger partial charge in [0.05, 0.1) is 28.9 Å². The molecule has 0 spiro atoms. The zero-order valence-electron chi connectivity index (χ0n) is 11.5. The molecule has 0 saturated heterocycles. The summed E-state index contributed by atoms with van der Waals surface area (Å²) in [4.78, 5) is 11.9. The largest absolute Gasteiger partial charge is 0.376 e. The Hall–Kier alpha value is -2.51. The van der Waals surface area contributed by atoms with Crippen LogP contribution in [0.3, 0.4) is 0 Å². The third kappa shape index (κ3) is 4.23. The van der Waals surface area contributed by atoms with Crippen molar-refractivity contribution in [2.45, 2.75) is 6.92 Å². The number of hydrogen-bond acceptors (Lipinski definition) is 3. The number of nitrogens with zero attached hydrogens (tertiary/aromatic N) is 1. The van der Waals surface area contributed by atoms with Crippen molar-refractivity contribution >= 4 is 28.9 Å². The Bertz CT molecular complexity index is 690. The van der Waals surface area contributed by atoms with E-state index in [4.69, 9.17) is 16.9 Å². The second-order valence-corrected chi connectivity index (χ2v) is 4.98. The van der Waals surface area contributed by atoms with Gasteiger partial charge in [0.15, 0.2) is 0 Å². The number of amides is 1. The van der Waals surface area contributed by atoms with Gasteiger partial charge in [-0.15, -0.1) is 0 Å². The van der Waals surface area contributed by atoms with Gasteiger partial charge in [-0.25, -0.2) is 0 Å². The molecule has 0 atom stereocenters. The molecule has 2 rings (SSSR count). The zero-order valence-corrected chi connectivity index (χ0v) is 12.2. The van der Waals surface area contributed by atoms with Gasteiger partial charge >= 0.3 is 0 Å². The molecule has 0 fully saturated rings. The molecule has 106 valence electrons. The predicted octanol–water partition coefficient (Wildman–Crippen LogP) is 3.57. The fraction of sp³-hybridized carbons (Fsp3) is 0.125. The molecule has 0 aliphatic rings. The molecule has 0 bridgehead atoms. The lowest BCUT2D eigenvalue weighted by Crippen LogP contribution is -2.21. The smallest absolute Gasteiger partial charge is 0.243 e. The molecule has 5 heteroatoms. The Kier molecular flexibility index (Phi) is 4.81. The lowest BCUT2D eigenvalue weighted by atomic mass is 10.2. The van der Waals surface area contributed by atoms with Crippen LogP contribution in [0.2, 0.25) is 5.02 Å². The fourth-order valence-corrected chi connectivity index (χ4v) is 2.04. The molecule has 2 N–H and O–H groups in total. The second kappa shape index (κ2) is 6.78. The van der Waals surface area contributed by atoms with Gasteiger partial charge in [-0.05, 0) is 48.9 Å². The van der Waals surface area contributed by atoms with Crippen molar-refractivity contribution in [3.8, 4) is 6.07 Å². The van der Waals surface area contributed by atoms with Gasteiger partial charge in [-0.2, -0.15) is 5.26 Å². The highest BCUT2D eigenvalue weighted by Crippen LogP contribution is 2.22. The molecule has 21 heavy (non-hydrogen) atoms. The summed E-state index contributed by atoms with van der Waals surface area (Å²) >= 11 is 6.06. The topological polar surface area (TPSA) is 64.9 Å². The maximum absolute atomic E-state index is 11.9. The molecule has 0 saturated carbocycles. The molecule has 2 aromatic rings. The highest BCUT2D eigenvalue weighted by Gasteiger charge is 2.06. The van der Waals surface area contributed by atoms with Crippen molar-refractivity contribution in [2.24, 2.45) is 0 Å². The van der Waals surface area contributed by atoms with Crippen molar-refractivity contribution in [2.75, 3.05) is 17.2 Å². The quantitative estimate of drug-likeness (QED) is 0.907. The molecule has 0 aliphatic heterocycles. The Morgan fingerprint density at radius 3 is 2.57 bits per heavy atom. The van der Waals surface area contributed by atoms with Crippen molar-refractivity contribution in [3.05, 3.63) is 58.6 Å². The molecule has 0 unspecified atom stereocenters. The first kappa shape index (κ1) is 14.9. The van der Waals surface area contributed by atoms with Crippen molar-refractivity contribution < 1.29 is 4.79 Å². The lowest BCUT2D eigenvalue weighted by molar-refractivity contribution is -0.114. The monoisotopic (exact) mass is 299 g/mol. The van der Waals surface area contributed by atoms with E-state index in [1.807, 2.05) is 19.1 Å². The molecule has 0 heterocycles. The summed E-state index contributed by atoms with van der Waals surface area (Å²) < 4.78 is 0. The van der Waals surface area contributed by atoms with Gasteiger partial charge in [-0.3, -0.25) is 4.79 Å². The summed E-state index contributed by atoms with van der Waals surface area (Å²) in [5.74, 6) is -0.190. The van der Waals surface area contributed by atoms with Crippen molar-refractivity contribution in [1.82, 2.24) is 0 Å². The molecular formula is C16H14ClN3O. The number of anilines is 2. The summed E-state index contributed by atoms with van der Waals surface area (Å²) in [5.41, 5.74) is 2.98. The van der Waals surface area contributed by atoms with Gasteiger partial charge < -0.3 is 10.6 Å². The standard InChI is InChI=1S/C16H14ClN3O/c1-11-2-7-15(14(17)8-11)20-16(21)10-19-13-5-3-12(9-18)4-6-13/h2-8,19H,10H2,1H3,(H,20,21). The average molecular weight is 300 g/mol. The van der Waals surface area contributed by atoms with E-state index in [0.29, 0.717) is 16.3 Å². The predicted molar refractivity (Wildman–Crippen MR) is 84.5 cm³/mol. The van der Waals surface area contributed by atoms with Gasteiger partial charge in [0.25, 0.3) is 0 Å². The highest BCUT2D eigenvalue weighted by atomic mass is 35.5. The van der Waals surface area contributed by atoms with Crippen LogP contribution in [-0.4, -0.2) is 12.5 Å². The Balaban J connectivity index is 1.91. The van der Waals surface area contributed by atoms with E-state index in [9.17, 15) is 4.79 Å². The third-order valence-electron chi connectivity index (χ3n) is 2.87. The van der Waals surface area contributed by atoms with E-state index >= 15 is 0 Å². The van der Waals surface area contributed by atoms with E-state index in [1.165, 1.54) is 0 Å². The van der Waals surface area contributed by atoms with E-state index in [0.717, 1.165) is 11.3 Å². The number of nitrogens with one attached hydrogen (secondary N) is 2. The Morgan fingerprint density at radius 2 is 1.95 bits per heavy atom. The average Bonchev–Trinajstić information content (AvgIpc) is 2.48. The summed E-state index contributed by atoms with van der Waals surface area (Å²) in [7, 11) is 0. The number of nitriles is 1. The molecule has 2 aromatic carbocycles. The van der Waals surface area contributed by atoms with Gasteiger partial charge in [0.2, 0.25) is 5.91 Å². The molecule has 0 aromatic heterocycles. The number of carbonyl (C=O) groups is 1. The first-order valence-corrected chi connectivity index (χ1v) is 6.76. The molecule has 4 nitrogen and oxygen atoms in total. The molecule has 0 aliphatic carbocycles. The first-order chi connectivity index (χ1) is 10.1. The van der Waals surface area contributed by atoms with Crippen LogP contribution in [0.15, 0.2) is 42.5 Å². The summed E-state index contributed by atoms with van der Waals surface area (Å²) in [5, 5.41) is 15.0. The van der Waals surface area contributed by atoms with Gasteiger partial charge in [-0.1, -0.05) is 17.7 Å². The van der Waals surface area contributed by atoms with Crippen LogP contribution in [0, 0.1) is 18.3 Å². The molecule has 1 amide bonds. The fourth-order valence-electron chi connectivity index (χ4n) is 1.76. The zero-order chi connectivity index (χ0) is 15.2. The Labute approximate surface area is 128 Å². The summed E-state index contributed by atoms with van der Waals surface area (Å²) in [6.45, 7) is 2.06. The SMILES string of the molecule is Cc1ccc(NC(=O)CNc2ccc(C#N)cc2)c(Cl)c1. The maximum Gasteiger partial charge on any atom is 0.243 e.